The van der Waals surface area contributed by atoms with Crippen molar-refractivity contribution >= 4 is 20.6 Å². The Labute approximate surface area is 71.1 Å². The largest absolute Gasteiger partial charge is 0.326 e. The first-order valence-corrected chi connectivity index (χ1v) is 5.79. The average Bonchev–Trinajstić information content (AvgIpc) is 1.59. The van der Waals surface area contributed by atoms with Crippen LogP contribution in [0, 0.1) is 0 Å². The van der Waals surface area contributed by atoms with E-state index in [1.165, 1.54) is 20.6 Å². The summed E-state index contributed by atoms with van der Waals surface area (Å²) in [6.45, 7) is 11.5. The van der Waals surface area contributed by atoms with E-state index in [-0.39, 0.29) is 0 Å². The predicted octanol–water partition coefficient (Wildman–Crippen LogP) is -0.531. The molecular weight excluding hydrogens is 154 g/mol. The molecule has 62 valence electrons. The van der Waals surface area contributed by atoms with E-state index in [9.17, 15) is 0 Å². The summed E-state index contributed by atoms with van der Waals surface area (Å²) in [6.07, 6.45) is 0. The molecule has 0 aliphatic carbocycles. The van der Waals surface area contributed by atoms with E-state index in [4.69, 9.17) is 0 Å². The molecule has 0 atom stereocenters. The minimum Gasteiger partial charge on any atom is -0.326 e. The van der Waals surface area contributed by atoms with Crippen LogP contribution in [0.3, 0.4) is 0 Å². The van der Waals surface area contributed by atoms with Crippen LogP contribution in [0.25, 0.3) is 0 Å². The molecule has 0 aliphatic rings. The van der Waals surface area contributed by atoms with Crippen molar-refractivity contribution in [3.8, 4) is 0 Å². The molecule has 0 saturated heterocycles. The summed E-state index contributed by atoms with van der Waals surface area (Å²) < 4.78 is 2.58. The van der Waals surface area contributed by atoms with Gasteiger partial charge in [-0.25, -0.2) is 0 Å². The van der Waals surface area contributed by atoms with Crippen LogP contribution in [-0.4, -0.2) is 35.9 Å². The summed E-state index contributed by atoms with van der Waals surface area (Å²) in [5.41, 5.74) is 0.372. The van der Waals surface area contributed by atoms with E-state index in [2.05, 4.69) is 39.2 Å². The normalized spacial score (nSPS) is 15.0. The lowest BCUT2D eigenvalue weighted by Gasteiger charge is -2.43. The fourth-order valence-electron chi connectivity index (χ4n) is 1.01. The summed E-state index contributed by atoms with van der Waals surface area (Å²) in [7, 11) is 2.43. The Hall–Kier alpha value is 0.394. The Morgan fingerprint density at radius 3 is 1.30 bits per heavy atom. The maximum absolute atomic E-state index is 2.58. The second-order valence-corrected chi connectivity index (χ2v) is 8.24. The highest BCUT2D eigenvalue weighted by Gasteiger charge is 2.26. The lowest BCUT2D eigenvalue weighted by molar-refractivity contribution is 0.191. The van der Waals surface area contributed by atoms with Gasteiger partial charge in [-0.3, -0.25) is 0 Å². The minimum absolute atomic E-state index is 0.372. The SMILES string of the molecule is CC(C)(C)N([SiH3])C(C)(C)[SiH3]. The fraction of sp³-hybridized carbons (Fsp3) is 1.00. The highest BCUT2D eigenvalue weighted by Crippen LogP contribution is 2.18. The third-order valence-electron chi connectivity index (χ3n) is 2.01. The second-order valence-electron chi connectivity index (χ2n) is 4.90. The Bertz CT molecular complexity index is 95.8. The molecule has 0 spiro atoms. The van der Waals surface area contributed by atoms with Crippen molar-refractivity contribution < 1.29 is 0 Å². The maximum atomic E-state index is 2.58. The van der Waals surface area contributed by atoms with E-state index < -0.39 is 0 Å². The molecule has 1 nitrogen and oxygen atoms in total. The summed E-state index contributed by atoms with van der Waals surface area (Å²) in [5.74, 6) is 0. The molecule has 0 aromatic heterocycles. The quantitative estimate of drug-likeness (QED) is 0.484. The van der Waals surface area contributed by atoms with Crippen molar-refractivity contribution in [3.05, 3.63) is 0 Å². The summed E-state index contributed by atoms with van der Waals surface area (Å²) in [6, 6.07) is 0. The van der Waals surface area contributed by atoms with Crippen molar-refractivity contribution in [1.82, 2.24) is 4.57 Å². The lowest BCUT2D eigenvalue weighted by atomic mass is 10.1. The molecule has 0 bridgehead atoms. The van der Waals surface area contributed by atoms with Crippen molar-refractivity contribution in [2.45, 2.75) is 45.3 Å². The number of nitrogens with zero attached hydrogens (tertiary/aromatic N) is 1. The third kappa shape index (κ3) is 2.99. The first kappa shape index (κ1) is 10.4. The van der Waals surface area contributed by atoms with Crippen molar-refractivity contribution in [2.24, 2.45) is 0 Å². The molecule has 3 heteroatoms. The number of hydrogen-bond donors (Lipinski definition) is 0. The number of hydrogen-bond acceptors (Lipinski definition) is 1. The average molecular weight is 175 g/mol. The minimum atomic E-state index is 0.372. The van der Waals surface area contributed by atoms with Crippen LogP contribution in [0.15, 0.2) is 0 Å². The molecule has 0 saturated carbocycles. The molecule has 0 unspecified atom stereocenters. The van der Waals surface area contributed by atoms with Crippen LogP contribution in [-0.2, 0) is 0 Å². The highest BCUT2D eigenvalue weighted by molar-refractivity contribution is 6.19. The molecule has 0 radical (unpaired) electrons. The van der Waals surface area contributed by atoms with Gasteiger partial charge in [0.1, 0.15) is 0 Å². The van der Waals surface area contributed by atoms with Gasteiger partial charge in [-0.2, -0.15) is 0 Å². The van der Waals surface area contributed by atoms with Gasteiger partial charge in [0.2, 0.25) is 0 Å². The predicted molar refractivity (Wildman–Crippen MR) is 55.5 cm³/mol. The Balaban J connectivity index is 4.23. The maximum Gasteiger partial charge on any atom is 0.0793 e. The molecule has 0 aromatic carbocycles. The van der Waals surface area contributed by atoms with Crippen LogP contribution in [0.4, 0.5) is 0 Å². The molecule has 10 heavy (non-hydrogen) atoms. The topological polar surface area (TPSA) is 3.24 Å². The van der Waals surface area contributed by atoms with Gasteiger partial charge in [-0.15, -0.1) is 0 Å². The first-order chi connectivity index (χ1) is 4.15. The van der Waals surface area contributed by atoms with Crippen LogP contribution in [0.5, 0.6) is 0 Å². The standard InChI is InChI=1S/C7H21NSi2/c1-6(2,3)8(10)7(4,5)9/h1-5,9-10H3. The van der Waals surface area contributed by atoms with Gasteiger partial charge in [0.15, 0.2) is 0 Å². The lowest BCUT2D eigenvalue weighted by Crippen LogP contribution is -2.52. The fourth-order valence-corrected chi connectivity index (χ4v) is 1.68. The van der Waals surface area contributed by atoms with E-state index in [1.807, 2.05) is 0 Å². The van der Waals surface area contributed by atoms with E-state index in [1.54, 1.807) is 0 Å². The molecule has 0 amide bonds. The first-order valence-electron chi connectivity index (χ1n) is 3.89. The van der Waals surface area contributed by atoms with Crippen LogP contribution >= 0.6 is 0 Å². The van der Waals surface area contributed by atoms with E-state index in [0.717, 1.165) is 0 Å². The summed E-state index contributed by atoms with van der Waals surface area (Å²) >= 11 is 0. The molecule has 0 rings (SSSR count). The van der Waals surface area contributed by atoms with Gasteiger partial charge in [0.25, 0.3) is 0 Å². The highest BCUT2D eigenvalue weighted by atomic mass is 28.2. The van der Waals surface area contributed by atoms with Crippen molar-refractivity contribution in [3.63, 3.8) is 0 Å². The molecule has 0 heterocycles. The van der Waals surface area contributed by atoms with Gasteiger partial charge in [-0.1, -0.05) is 13.8 Å². The van der Waals surface area contributed by atoms with Crippen LogP contribution in [0.2, 0.25) is 0 Å². The number of rotatable bonds is 1. The Kier molecular flexibility index (Phi) is 2.90. The van der Waals surface area contributed by atoms with E-state index >= 15 is 0 Å². The van der Waals surface area contributed by atoms with Gasteiger partial charge in [0.05, 0.1) is 10.4 Å². The van der Waals surface area contributed by atoms with Crippen molar-refractivity contribution in [1.29, 1.82) is 0 Å². The van der Waals surface area contributed by atoms with Crippen molar-refractivity contribution in [2.75, 3.05) is 0 Å². The smallest absolute Gasteiger partial charge is 0.0793 e. The monoisotopic (exact) mass is 175 g/mol. The molecule has 0 aliphatic heterocycles. The Morgan fingerprint density at radius 2 is 1.30 bits per heavy atom. The Morgan fingerprint density at radius 1 is 1.00 bits per heavy atom. The van der Waals surface area contributed by atoms with Crippen LogP contribution in [0.1, 0.15) is 34.6 Å². The molecule has 0 fully saturated rings. The zero-order chi connectivity index (χ0) is 8.58. The van der Waals surface area contributed by atoms with E-state index in [0.29, 0.717) is 10.7 Å². The third-order valence-corrected chi connectivity index (χ3v) is 6.26. The zero-order valence-corrected chi connectivity index (χ0v) is 12.4. The summed E-state index contributed by atoms with van der Waals surface area (Å²) in [5, 5.41) is 0.477. The molecule has 0 aromatic rings. The summed E-state index contributed by atoms with van der Waals surface area (Å²) in [4.78, 5) is 0. The molecule has 0 N–H and O–H groups in total. The van der Waals surface area contributed by atoms with Gasteiger partial charge < -0.3 is 4.57 Å². The second kappa shape index (κ2) is 2.79. The molecular formula is C7H21NSi2. The van der Waals surface area contributed by atoms with Crippen LogP contribution < -0.4 is 0 Å². The van der Waals surface area contributed by atoms with Gasteiger partial charge >= 0.3 is 0 Å². The van der Waals surface area contributed by atoms with Gasteiger partial charge in [-0.05, 0) is 25.9 Å². The van der Waals surface area contributed by atoms with Gasteiger partial charge in [0, 0.05) is 15.8 Å². The zero-order valence-electron chi connectivity index (χ0n) is 8.45.